The number of carbonyl (C=O) groups is 2. The molecule has 7 heteroatoms. The minimum Gasteiger partial charge on any atom is -0.487 e. The molecule has 0 aliphatic heterocycles. The number of amides is 1. The van der Waals surface area contributed by atoms with Gasteiger partial charge >= 0.3 is 5.97 Å². The van der Waals surface area contributed by atoms with E-state index < -0.39 is 11.5 Å². The smallest absolute Gasteiger partial charge is 0.305 e. The molecule has 0 unspecified atom stereocenters. The fraction of sp³-hybridized carbons (Fsp3) is 0.353. The monoisotopic (exact) mass is 346 g/mol. The lowest BCUT2D eigenvalue weighted by atomic mass is 9.74. The third kappa shape index (κ3) is 3.91. The molecule has 2 aromatic rings. The van der Waals surface area contributed by atoms with Gasteiger partial charge in [0.1, 0.15) is 12.4 Å². The third-order valence-electron chi connectivity index (χ3n) is 4.17. The summed E-state index contributed by atoms with van der Waals surface area (Å²) in [7, 11) is 0. The molecule has 0 atom stereocenters. The Morgan fingerprint density at radius 2 is 2.04 bits per heavy atom. The molecule has 6 nitrogen and oxygen atoms in total. The van der Waals surface area contributed by atoms with Crippen LogP contribution in [0.15, 0.2) is 35.2 Å². The quantitative estimate of drug-likeness (QED) is 0.805. The normalized spacial score (nSPS) is 15.3. The maximum Gasteiger partial charge on any atom is 0.305 e. The summed E-state index contributed by atoms with van der Waals surface area (Å²) in [5.41, 5.74) is 2.51. The number of nitrogens with one attached hydrogen (secondary N) is 1. The number of aromatic nitrogens is 1. The zero-order valence-electron chi connectivity index (χ0n) is 13.0. The van der Waals surface area contributed by atoms with Crippen LogP contribution >= 0.6 is 11.3 Å². The number of hydrogen-bond acceptors (Lipinski definition) is 5. The average Bonchev–Trinajstić information content (AvgIpc) is 3.04. The van der Waals surface area contributed by atoms with Crippen molar-refractivity contribution in [3.8, 4) is 5.75 Å². The predicted molar refractivity (Wildman–Crippen MR) is 89.2 cm³/mol. The number of benzene rings is 1. The molecule has 1 aliphatic carbocycles. The van der Waals surface area contributed by atoms with Crippen LogP contribution < -0.4 is 10.1 Å². The number of carboxylic acids is 1. The second kappa shape index (κ2) is 7.00. The molecule has 0 bridgehead atoms. The first-order valence-corrected chi connectivity index (χ1v) is 8.65. The molecule has 0 spiro atoms. The maximum atomic E-state index is 12.3. The highest BCUT2D eigenvalue weighted by Gasteiger charge is 2.40. The van der Waals surface area contributed by atoms with Crippen LogP contribution in [0.2, 0.25) is 0 Å². The number of ether oxygens (including phenoxy) is 1. The SMILES string of the molecule is O=C(O)CC1(NC(=O)c2ccc(OCc3cscn3)cc2)CCC1. The molecule has 1 aliphatic rings. The van der Waals surface area contributed by atoms with E-state index in [1.54, 1.807) is 29.8 Å². The van der Waals surface area contributed by atoms with Gasteiger partial charge in [-0.3, -0.25) is 9.59 Å². The summed E-state index contributed by atoms with van der Waals surface area (Å²) >= 11 is 1.51. The number of nitrogens with zero attached hydrogens (tertiary/aromatic N) is 1. The van der Waals surface area contributed by atoms with Crippen molar-refractivity contribution in [2.75, 3.05) is 0 Å². The second-order valence-electron chi connectivity index (χ2n) is 5.95. The largest absolute Gasteiger partial charge is 0.487 e. The Morgan fingerprint density at radius 1 is 1.29 bits per heavy atom. The summed E-state index contributed by atoms with van der Waals surface area (Å²) in [5, 5.41) is 13.8. The standard InChI is InChI=1S/C17H18N2O4S/c20-15(21)8-17(6-1-7-17)19-16(22)12-2-4-14(5-3-12)23-9-13-10-24-11-18-13/h2-5,10-11H,1,6-9H2,(H,19,22)(H,20,21). The minimum atomic E-state index is -0.888. The molecule has 2 N–H and O–H groups in total. The molecule has 1 saturated carbocycles. The van der Waals surface area contributed by atoms with Crippen molar-refractivity contribution in [1.29, 1.82) is 0 Å². The van der Waals surface area contributed by atoms with Gasteiger partial charge in [-0.25, -0.2) is 4.98 Å². The number of carbonyl (C=O) groups excluding carboxylic acids is 1. The van der Waals surface area contributed by atoms with Gasteiger partial charge in [0.25, 0.3) is 5.91 Å². The van der Waals surface area contributed by atoms with E-state index in [0.717, 1.165) is 12.1 Å². The van der Waals surface area contributed by atoms with Crippen molar-refractivity contribution in [2.24, 2.45) is 0 Å². The molecule has 1 amide bonds. The van der Waals surface area contributed by atoms with E-state index in [4.69, 9.17) is 9.84 Å². The predicted octanol–water partition coefficient (Wildman–Crippen LogP) is 2.85. The van der Waals surface area contributed by atoms with Crippen LogP contribution in [0.3, 0.4) is 0 Å². The van der Waals surface area contributed by atoms with Crippen molar-refractivity contribution in [1.82, 2.24) is 10.3 Å². The summed E-state index contributed by atoms with van der Waals surface area (Å²) in [5.74, 6) is -0.480. The van der Waals surface area contributed by atoms with Gasteiger partial charge in [-0.1, -0.05) is 0 Å². The van der Waals surface area contributed by atoms with E-state index in [9.17, 15) is 9.59 Å². The summed E-state index contributed by atoms with van der Waals surface area (Å²) in [6.45, 7) is 0.386. The molecule has 1 fully saturated rings. The Bertz CT molecular complexity index is 709. The van der Waals surface area contributed by atoms with Gasteiger partial charge in [-0.15, -0.1) is 11.3 Å². The van der Waals surface area contributed by atoms with E-state index >= 15 is 0 Å². The highest BCUT2D eigenvalue weighted by molar-refractivity contribution is 7.07. The van der Waals surface area contributed by atoms with Crippen molar-refractivity contribution >= 4 is 23.2 Å². The minimum absolute atomic E-state index is 0.0342. The second-order valence-corrected chi connectivity index (χ2v) is 6.67. The fourth-order valence-electron chi connectivity index (χ4n) is 2.72. The topological polar surface area (TPSA) is 88.5 Å². The average molecular weight is 346 g/mol. The van der Waals surface area contributed by atoms with E-state index in [1.807, 2.05) is 5.38 Å². The first-order chi connectivity index (χ1) is 11.6. The van der Waals surface area contributed by atoms with Crippen molar-refractivity contribution in [3.05, 3.63) is 46.4 Å². The van der Waals surface area contributed by atoms with Gasteiger partial charge in [0.15, 0.2) is 0 Å². The van der Waals surface area contributed by atoms with E-state index in [0.29, 0.717) is 30.8 Å². The van der Waals surface area contributed by atoms with Gasteiger partial charge < -0.3 is 15.2 Å². The highest BCUT2D eigenvalue weighted by atomic mass is 32.1. The number of thiazole rings is 1. The van der Waals surface area contributed by atoms with E-state index in [1.165, 1.54) is 11.3 Å². The molecular formula is C17H18N2O4S. The zero-order valence-corrected chi connectivity index (χ0v) is 13.8. The number of hydrogen-bond donors (Lipinski definition) is 2. The van der Waals surface area contributed by atoms with Crippen LogP contribution in [0.4, 0.5) is 0 Å². The molecule has 0 radical (unpaired) electrons. The van der Waals surface area contributed by atoms with E-state index in [2.05, 4.69) is 10.3 Å². The van der Waals surface area contributed by atoms with Crippen molar-refractivity contribution in [3.63, 3.8) is 0 Å². The van der Waals surface area contributed by atoms with Gasteiger partial charge in [-0.05, 0) is 43.5 Å². The highest BCUT2D eigenvalue weighted by Crippen LogP contribution is 2.35. The van der Waals surface area contributed by atoms with E-state index in [-0.39, 0.29) is 12.3 Å². The van der Waals surface area contributed by atoms with Crippen molar-refractivity contribution in [2.45, 2.75) is 37.8 Å². The van der Waals surface area contributed by atoms with Crippen LogP contribution in [0, 0.1) is 0 Å². The summed E-state index contributed by atoms with van der Waals surface area (Å²) < 4.78 is 5.61. The molecule has 24 heavy (non-hydrogen) atoms. The maximum absolute atomic E-state index is 12.3. The van der Waals surface area contributed by atoms with Gasteiger partial charge in [0.2, 0.25) is 0 Å². The lowest BCUT2D eigenvalue weighted by Gasteiger charge is -2.41. The zero-order chi connectivity index (χ0) is 17.0. The Labute approximate surface area is 143 Å². The molecule has 1 aromatic heterocycles. The molecular weight excluding hydrogens is 328 g/mol. The van der Waals surface area contributed by atoms with Gasteiger partial charge in [0.05, 0.1) is 23.2 Å². The molecule has 1 heterocycles. The van der Waals surface area contributed by atoms with Crippen LogP contribution in [0.25, 0.3) is 0 Å². The first kappa shape index (κ1) is 16.4. The molecule has 1 aromatic carbocycles. The van der Waals surface area contributed by atoms with Crippen LogP contribution in [-0.2, 0) is 11.4 Å². The van der Waals surface area contributed by atoms with Crippen molar-refractivity contribution < 1.29 is 19.4 Å². The lowest BCUT2D eigenvalue weighted by Crippen LogP contribution is -2.54. The fourth-order valence-corrected chi connectivity index (χ4v) is 3.26. The molecule has 3 rings (SSSR count). The number of rotatable bonds is 7. The molecule has 0 saturated heterocycles. The third-order valence-corrected chi connectivity index (χ3v) is 4.80. The summed E-state index contributed by atoms with van der Waals surface area (Å²) in [4.78, 5) is 27.4. The Balaban J connectivity index is 1.58. The first-order valence-electron chi connectivity index (χ1n) is 7.71. The van der Waals surface area contributed by atoms with Crippen LogP contribution in [0.5, 0.6) is 5.75 Å². The van der Waals surface area contributed by atoms with Crippen LogP contribution in [-0.4, -0.2) is 27.5 Å². The molecule has 126 valence electrons. The van der Waals surface area contributed by atoms with Gasteiger partial charge in [-0.2, -0.15) is 0 Å². The summed E-state index contributed by atoms with van der Waals surface area (Å²) in [6.07, 6.45) is 2.32. The lowest BCUT2D eigenvalue weighted by molar-refractivity contribution is -0.139. The van der Waals surface area contributed by atoms with Gasteiger partial charge in [0, 0.05) is 10.9 Å². The summed E-state index contributed by atoms with van der Waals surface area (Å²) in [6, 6.07) is 6.82. The van der Waals surface area contributed by atoms with Crippen LogP contribution in [0.1, 0.15) is 41.7 Å². The Kier molecular flexibility index (Phi) is 4.80. The number of carboxylic acid groups (broad SMARTS) is 1. The number of aliphatic carboxylic acids is 1. The Hall–Kier alpha value is -2.41. The Morgan fingerprint density at radius 3 is 2.58 bits per heavy atom.